The van der Waals surface area contributed by atoms with Gasteiger partial charge in [0.15, 0.2) is 0 Å². The summed E-state index contributed by atoms with van der Waals surface area (Å²) < 4.78 is 2.13. The van der Waals surface area contributed by atoms with Gasteiger partial charge in [-0.3, -0.25) is 9.78 Å². The Kier molecular flexibility index (Phi) is 4.72. The van der Waals surface area contributed by atoms with Crippen LogP contribution < -0.4 is 11.2 Å². The van der Waals surface area contributed by atoms with E-state index in [4.69, 9.17) is 0 Å². The number of nitrogens with zero attached hydrogens (tertiary/aromatic N) is 3. The van der Waals surface area contributed by atoms with E-state index in [0.29, 0.717) is 5.69 Å². The van der Waals surface area contributed by atoms with Crippen LogP contribution in [0.2, 0.25) is 0 Å². The molecule has 4 aromatic rings. The molecule has 0 saturated heterocycles. The molecular weight excluding hydrogens is 354 g/mol. The van der Waals surface area contributed by atoms with Crippen LogP contribution in [-0.4, -0.2) is 24.7 Å². The van der Waals surface area contributed by atoms with E-state index in [0.717, 1.165) is 29.8 Å². The number of aromatic nitrogens is 5. The summed E-state index contributed by atoms with van der Waals surface area (Å²) in [5.74, 6) is 0. The van der Waals surface area contributed by atoms with Gasteiger partial charge in [0.05, 0.1) is 11.3 Å². The molecule has 3 heterocycles. The predicted molar refractivity (Wildman–Crippen MR) is 107 cm³/mol. The third-order valence-corrected chi connectivity index (χ3v) is 4.64. The maximum atomic E-state index is 12.0. The van der Waals surface area contributed by atoms with Crippen LogP contribution in [0.15, 0.2) is 70.6 Å². The largest absolute Gasteiger partial charge is 0.353 e. The predicted octanol–water partition coefficient (Wildman–Crippen LogP) is 2.54. The van der Waals surface area contributed by atoms with Gasteiger partial charge in [0.1, 0.15) is 5.69 Å². The average molecular weight is 373 g/mol. The van der Waals surface area contributed by atoms with Gasteiger partial charge in [-0.2, -0.15) is 5.10 Å². The lowest BCUT2D eigenvalue weighted by Crippen LogP contribution is -2.22. The van der Waals surface area contributed by atoms with E-state index in [2.05, 4.69) is 43.1 Å². The number of benzene rings is 1. The third-order valence-electron chi connectivity index (χ3n) is 4.64. The van der Waals surface area contributed by atoms with Crippen LogP contribution in [0.1, 0.15) is 11.3 Å². The fraction of sp³-hybridized carbons (Fsp3) is 0.143. The van der Waals surface area contributed by atoms with Gasteiger partial charge < -0.3 is 9.55 Å². The molecule has 0 spiro atoms. The number of rotatable bonds is 5. The molecule has 0 fully saturated rings. The van der Waals surface area contributed by atoms with Crippen LogP contribution >= 0.6 is 0 Å². The average Bonchev–Trinajstić information content (AvgIpc) is 3.17. The molecule has 1 aromatic carbocycles. The fourth-order valence-corrected chi connectivity index (χ4v) is 3.12. The highest BCUT2D eigenvalue weighted by Crippen LogP contribution is 2.25. The summed E-state index contributed by atoms with van der Waals surface area (Å²) in [6.07, 6.45) is 6.40. The lowest BCUT2D eigenvalue weighted by atomic mass is 10.1. The number of H-pyrrole nitrogens is 2. The minimum atomic E-state index is -0.551. The van der Waals surface area contributed by atoms with E-state index >= 15 is 0 Å². The molecule has 0 bridgehead atoms. The standard InChI is InChI=1S/C21H19N5O2/c1-14-17(11-19(25-24-14)18-12-22-21(28)23-20(18)27)16-8-10-26(13-16)9-7-15-5-3-2-4-6-15/h2-6,8,10-13H,7,9H2,1H3,(H2,22,23,27,28). The Morgan fingerprint density at radius 2 is 1.86 bits per heavy atom. The number of hydrogen-bond donors (Lipinski definition) is 2. The zero-order valence-electron chi connectivity index (χ0n) is 15.3. The number of aryl methyl sites for hydroxylation is 3. The fourth-order valence-electron chi connectivity index (χ4n) is 3.12. The Bertz CT molecular complexity index is 1220. The van der Waals surface area contributed by atoms with Gasteiger partial charge in [0, 0.05) is 36.3 Å². The molecule has 7 heteroatoms. The second-order valence-electron chi connectivity index (χ2n) is 6.59. The summed E-state index contributed by atoms with van der Waals surface area (Å²) in [6, 6.07) is 14.2. The molecule has 2 N–H and O–H groups in total. The Labute approximate surface area is 160 Å². The van der Waals surface area contributed by atoms with Crippen LogP contribution in [0.3, 0.4) is 0 Å². The summed E-state index contributed by atoms with van der Waals surface area (Å²) in [5.41, 5.74) is 3.60. The number of hydrogen-bond acceptors (Lipinski definition) is 4. The molecule has 0 aliphatic carbocycles. The first kappa shape index (κ1) is 17.7. The van der Waals surface area contributed by atoms with Crippen molar-refractivity contribution < 1.29 is 0 Å². The molecule has 0 saturated carbocycles. The van der Waals surface area contributed by atoms with Gasteiger partial charge in [0.2, 0.25) is 0 Å². The molecule has 140 valence electrons. The highest BCUT2D eigenvalue weighted by atomic mass is 16.2. The van der Waals surface area contributed by atoms with E-state index in [-0.39, 0.29) is 5.56 Å². The summed E-state index contributed by atoms with van der Waals surface area (Å²) in [4.78, 5) is 28.0. The van der Waals surface area contributed by atoms with Crippen molar-refractivity contribution in [3.63, 3.8) is 0 Å². The zero-order chi connectivity index (χ0) is 19.5. The number of aromatic amines is 2. The second-order valence-corrected chi connectivity index (χ2v) is 6.59. The van der Waals surface area contributed by atoms with Crippen molar-refractivity contribution >= 4 is 0 Å². The monoisotopic (exact) mass is 373 g/mol. The van der Waals surface area contributed by atoms with E-state index < -0.39 is 11.2 Å². The normalized spacial score (nSPS) is 10.9. The second kappa shape index (κ2) is 7.48. The molecule has 0 atom stereocenters. The van der Waals surface area contributed by atoms with E-state index in [1.54, 1.807) is 0 Å². The summed E-state index contributed by atoms with van der Waals surface area (Å²) in [5, 5.41) is 8.30. The van der Waals surface area contributed by atoms with Crippen LogP contribution in [0.5, 0.6) is 0 Å². The van der Waals surface area contributed by atoms with E-state index in [1.807, 2.05) is 43.5 Å². The lowest BCUT2D eigenvalue weighted by Gasteiger charge is -2.06. The number of nitrogens with one attached hydrogen (secondary N) is 2. The Morgan fingerprint density at radius 3 is 2.64 bits per heavy atom. The highest BCUT2D eigenvalue weighted by molar-refractivity contribution is 5.70. The topological polar surface area (TPSA) is 96.4 Å². The van der Waals surface area contributed by atoms with Crippen molar-refractivity contribution in [1.29, 1.82) is 0 Å². The zero-order valence-corrected chi connectivity index (χ0v) is 15.3. The molecule has 0 aliphatic heterocycles. The van der Waals surface area contributed by atoms with Gasteiger partial charge >= 0.3 is 5.69 Å². The third kappa shape index (κ3) is 3.68. The molecule has 7 nitrogen and oxygen atoms in total. The first-order valence-corrected chi connectivity index (χ1v) is 8.97. The molecule has 28 heavy (non-hydrogen) atoms. The molecule has 3 aromatic heterocycles. The molecule has 0 aliphatic rings. The smallest absolute Gasteiger partial charge is 0.325 e. The minimum absolute atomic E-state index is 0.275. The van der Waals surface area contributed by atoms with Crippen molar-refractivity contribution in [3.05, 3.63) is 93.2 Å². The van der Waals surface area contributed by atoms with E-state index in [1.165, 1.54) is 11.8 Å². The SMILES string of the molecule is Cc1nnc(-c2c[nH]c(=O)[nH]c2=O)cc1-c1ccn(CCc2ccccc2)c1. The van der Waals surface area contributed by atoms with Gasteiger partial charge in [-0.15, -0.1) is 5.10 Å². The van der Waals surface area contributed by atoms with Gasteiger partial charge in [-0.1, -0.05) is 30.3 Å². The quantitative estimate of drug-likeness (QED) is 0.562. The van der Waals surface area contributed by atoms with Crippen LogP contribution in [0.4, 0.5) is 0 Å². The van der Waals surface area contributed by atoms with Crippen molar-refractivity contribution in [3.8, 4) is 22.4 Å². The van der Waals surface area contributed by atoms with E-state index in [9.17, 15) is 9.59 Å². The molecule has 0 amide bonds. The van der Waals surface area contributed by atoms with Gasteiger partial charge in [-0.25, -0.2) is 4.79 Å². The summed E-state index contributed by atoms with van der Waals surface area (Å²) >= 11 is 0. The van der Waals surface area contributed by atoms with Crippen LogP contribution in [0, 0.1) is 6.92 Å². The summed E-state index contributed by atoms with van der Waals surface area (Å²) in [7, 11) is 0. The van der Waals surface area contributed by atoms with Crippen molar-refractivity contribution in [2.75, 3.05) is 0 Å². The van der Waals surface area contributed by atoms with Crippen molar-refractivity contribution in [2.45, 2.75) is 19.9 Å². The first-order chi connectivity index (χ1) is 13.6. The Morgan fingerprint density at radius 1 is 1.04 bits per heavy atom. The lowest BCUT2D eigenvalue weighted by molar-refractivity contribution is 0.701. The maximum absolute atomic E-state index is 12.0. The van der Waals surface area contributed by atoms with Gasteiger partial charge in [0.25, 0.3) is 5.56 Å². The van der Waals surface area contributed by atoms with Crippen LogP contribution in [0.25, 0.3) is 22.4 Å². The summed E-state index contributed by atoms with van der Waals surface area (Å²) in [6.45, 7) is 2.75. The highest BCUT2D eigenvalue weighted by Gasteiger charge is 2.12. The minimum Gasteiger partial charge on any atom is -0.353 e. The molecule has 0 unspecified atom stereocenters. The molecule has 0 radical (unpaired) electrons. The van der Waals surface area contributed by atoms with Crippen molar-refractivity contribution in [2.24, 2.45) is 0 Å². The Hall–Kier alpha value is -3.74. The molecule has 4 rings (SSSR count). The van der Waals surface area contributed by atoms with Crippen molar-refractivity contribution in [1.82, 2.24) is 24.7 Å². The first-order valence-electron chi connectivity index (χ1n) is 8.97. The molecular formula is C21H19N5O2. The Balaban J connectivity index is 1.61. The van der Waals surface area contributed by atoms with Crippen LogP contribution in [-0.2, 0) is 13.0 Å². The van der Waals surface area contributed by atoms with Gasteiger partial charge in [-0.05, 0) is 31.0 Å². The maximum Gasteiger partial charge on any atom is 0.325 e.